The molecule has 0 N–H and O–H groups in total. The van der Waals surface area contributed by atoms with Crippen LogP contribution in [-0.4, -0.2) is 0 Å². The second-order valence-electron chi connectivity index (χ2n) is 16.4. The minimum atomic E-state index is -0.609. The molecule has 2 aliphatic carbocycles. The zero-order valence-corrected chi connectivity index (χ0v) is 35.1. The molecule has 63 heavy (non-hydrogen) atoms. The summed E-state index contributed by atoms with van der Waals surface area (Å²) in [4.78, 5) is 4.87. The van der Waals surface area contributed by atoms with Crippen molar-refractivity contribution < 1.29 is 0 Å². The van der Waals surface area contributed by atoms with Crippen molar-refractivity contribution in [3.63, 3.8) is 0 Å². The second kappa shape index (κ2) is 16.5. The highest BCUT2D eigenvalue weighted by Gasteiger charge is 2.47. The van der Waals surface area contributed by atoms with Crippen LogP contribution in [0.5, 0.6) is 0 Å². The highest BCUT2D eigenvalue weighted by Crippen LogP contribution is 2.58. The lowest BCUT2D eigenvalue weighted by Crippen LogP contribution is -2.29. The van der Waals surface area contributed by atoms with Gasteiger partial charge in [0.15, 0.2) is 0 Å². The van der Waals surface area contributed by atoms with E-state index in [9.17, 15) is 0 Å². The Hall–Kier alpha value is -7.94. The van der Waals surface area contributed by atoms with Crippen LogP contribution in [0.15, 0.2) is 261 Å². The number of anilines is 5. The van der Waals surface area contributed by atoms with E-state index in [-0.39, 0.29) is 0 Å². The van der Waals surface area contributed by atoms with Crippen LogP contribution in [0.2, 0.25) is 0 Å². The first kappa shape index (κ1) is 38.0. The predicted molar refractivity (Wildman–Crippen MR) is 264 cm³/mol. The highest BCUT2D eigenvalue weighted by molar-refractivity contribution is 5.91. The first-order chi connectivity index (χ1) is 31.3. The maximum Gasteiger partial charge on any atom is 0.0715 e. The molecule has 0 atom stereocenters. The Balaban J connectivity index is 1.11. The molecular formula is C61H46N2. The van der Waals surface area contributed by atoms with E-state index < -0.39 is 5.41 Å². The van der Waals surface area contributed by atoms with E-state index in [0.717, 1.165) is 41.3 Å². The fraction of sp³-hybridized carbons (Fsp3) is 0.0492. The summed E-state index contributed by atoms with van der Waals surface area (Å²) >= 11 is 0. The molecule has 0 heterocycles. The smallest absolute Gasteiger partial charge is 0.0715 e. The molecule has 0 saturated heterocycles. The molecule has 0 fully saturated rings. The van der Waals surface area contributed by atoms with Crippen molar-refractivity contribution in [1.82, 2.24) is 0 Å². The van der Waals surface area contributed by atoms with Crippen molar-refractivity contribution in [3.8, 4) is 33.4 Å². The third-order valence-corrected chi connectivity index (χ3v) is 12.8. The molecule has 9 aromatic carbocycles. The highest BCUT2D eigenvalue weighted by atomic mass is 15.2. The predicted octanol–water partition coefficient (Wildman–Crippen LogP) is 16.2. The van der Waals surface area contributed by atoms with Gasteiger partial charge in [-0.25, -0.2) is 0 Å². The van der Waals surface area contributed by atoms with Gasteiger partial charge in [-0.05, 0) is 135 Å². The van der Waals surface area contributed by atoms with Crippen molar-refractivity contribution in [3.05, 3.63) is 283 Å². The van der Waals surface area contributed by atoms with Crippen LogP contribution in [0.3, 0.4) is 0 Å². The summed E-state index contributed by atoms with van der Waals surface area (Å²) < 4.78 is 0. The van der Waals surface area contributed by atoms with Crippen LogP contribution >= 0.6 is 0 Å². The fourth-order valence-corrected chi connectivity index (χ4v) is 9.89. The molecular weight excluding hydrogens is 761 g/mol. The van der Waals surface area contributed by atoms with E-state index >= 15 is 0 Å². The van der Waals surface area contributed by atoms with Gasteiger partial charge in [0, 0.05) is 34.1 Å². The summed E-state index contributed by atoms with van der Waals surface area (Å²) in [5.41, 5.74) is 18.6. The molecule has 0 radical (unpaired) electrons. The van der Waals surface area contributed by atoms with Crippen molar-refractivity contribution in [2.24, 2.45) is 0 Å². The molecule has 0 bridgehead atoms. The molecule has 11 rings (SSSR count). The van der Waals surface area contributed by atoms with Crippen LogP contribution in [0.1, 0.15) is 35.1 Å². The zero-order chi connectivity index (χ0) is 42.0. The third kappa shape index (κ3) is 6.87. The first-order valence-corrected chi connectivity index (χ1v) is 22.0. The molecule has 2 nitrogen and oxygen atoms in total. The molecule has 0 aromatic heterocycles. The lowest BCUT2D eigenvalue weighted by atomic mass is 9.67. The average molecular weight is 807 g/mol. The quantitative estimate of drug-likeness (QED) is 0.136. The molecule has 0 aliphatic heterocycles. The number of benzene rings is 9. The van der Waals surface area contributed by atoms with E-state index in [1.54, 1.807) is 0 Å². The topological polar surface area (TPSA) is 6.48 Å². The number of nitrogens with zero attached hydrogens (tertiary/aromatic N) is 2. The summed E-state index contributed by atoms with van der Waals surface area (Å²) in [6.07, 6.45) is 8.73. The Bertz CT molecular complexity index is 3020. The average Bonchev–Trinajstić information content (AvgIpc) is 3.66. The van der Waals surface area contributed by atoms with Crippen molar-refractivity contribution >= 4 is 28.4 Å². The second-order valence-corrected chi connectivity index (χ2v) is 16.4. The maximum atomic E-state index is 2.48. The van der Waals surface area contributed by atoms with Crippen LogP contribution in [0, 0.1) is 0 Å². The van der Waals surface area contributed by atoms with E-state index in [0.29, 0.717) is 0 Å². The number of hydrogen-bond donors (Lipinski definition) is 0. The number of hydrogen-bond acceptors (Lipinski definition) is 2. The third-order valence-electron chi connectivity index (χ3n) is 12.8. The Morgan fingerprint density at radius 3 is 1.17 bits per heavy atom. The summed E-state index contributed by atoms with van der Waals surface area (Å²) in [5, 5.41) is 0. The number of fused-ring (bicyclic) bond motifs is 3. The normalized spacial score (nSPS) is 13.4. The van der Waals surface area contributed by atoms with Crippen molar-refractivity contribution in [1.29, 1.82) is 0 Å². The number of allylic oxidation sites excluding steroid dienone is 4. The fourth-order valence-electron chi connectivity index (χ4n) is 9.89. The Morgan fingerprint density at radius 1 is 0.333 bits per heavy atom. The number of rotatable bonds is 10. The molecule has 2 heteroatoms. The van der Waals surface area contributed by atoms with Crippen LogP contribution < -0.4 is 9.80 Å². The minimum absolute atomic E-state index is 0.609. The van der Waals surface area contributed by atoms with Crippen molar-refractivity contribution in [2.75, 3.05) is 9.80 Å². The summed E-state index contributed by atoms with van der Waals surface area (Å²) in [6, 6.07) is 86.7. The molecule has 0 spiro atoms. The monoisotopic (exact) mass is 806 g/mol. The van der Waals surface area contributed by atoms with Crippen LogP contribution in [0.25, 0.3) is 33.4 Å². The molecule has 0 saturated carbocycles. The van der Waals surface area contributed by atoms with Gasteiger partial charge in [-0.1, -0.05) is 188 Å². The van der Waals surface area contributed by atoms with Gasteiger partial charge >= 0.3 is 0 Å². The standard InChI is InChI=1S/C61H46N2/c1-7-19-45(20-8-1)47-31-35-53(36-32-47)62(51-27-15-5-16-28-51)55-39-41-57-58-42-40-56(44-60(58)61(59(57)43-55,49-23-11-3-12-24-49)50-25-13-4-14-26-50)63(52-29-17-6-18-30-52)54-37-33-48(34-38-54)46-21-9-2-10-22-46/h1-17,19-29,31-44H,18,30H2. The van der Waals surface area contributed by atoms with E-state index in [1.165, 1.54) is 61.3 Å². The van der Waals surface area contributed by atoms with E-state index in [2.05, 4.69) is 265 Å². The van der Waals surface area contributed by atoms with Gasteiger partial charge in [-0.3, -0.25) is 0 Å². The van der Waals surface area contributed by atoms with Gasteiger partial charge in [0.25, 0.3) is 0 Å². The van der Waals surface area contributed by atoms with E-state index in [4.69, 9.17) is 0 Å². The van der Waals surface area contributed by atoms with Gasteiger partial charge in [-0.15, -0.1) is 0 Å². The molecule has 0 unspecified atom stereocenters. The van der Waals surface area contributed by atoms with Crippen LogP contribution in [0.4, 0.5) is 28.4 Å². The SMILES string of the molecule is C1=CCCC(N(c2ccc(-c3ccccc3)cc2)c2ccc3c(c2)C(c2ccccc2)(c2ccccc2)c2cc(N(c4ccccc4)c4ccc(-c5ccccc5)cc4)ccc2-3)=C1. The molecule has 9 aromatic rings. The van der Waals surface area contributed by atoms with Gasteiger partial charge in [-0.2, -0.15) is 0 Å². The summed E-state index contributed by atoms with van der Waals surface area (Å²) in [5.74, 6) is 0. The van der Waals surface area contributed by atoms with Gasteiger partial charge in [0.2, 0.25) is 0 Å². The number of para-hydroxylation sites is 1. The summed E-state index contributed by atoms with van der Waals surface area (Å²) in [6.45, 7) is 0. The van der Waals surface area contributed by atoms with Crippen LogP contribution in [-0.2, 0) is 5.41 Å². The van der Waals surface area contributed by atoms with Gasteiger partial charge in [0.05, 0.1) is 5.41 Å². The van der Waals surface area contributed by atoms with Gasteiger partial charge < -0.3 is 9.80 Å². The molecule has 0 amide bonds. The lowest BCUT2D eigenvalue weighted by molar-refractivity contribution is 0.768. The Labute approximate surface area is 371 Å². The maximum absolute atomic E-state index is 2.48. The first-order valence-electron chi connectivity index (χ1n) is 22.0. The van der Waals surface area contributed by atoms with E-state index in [1.807, 2.05) is 0 Å². The molecule has 2 aliphatic rings. The van der Waals surface area contributed by atoms with Gasteiger partial charge in [0.1, 0.15) is 0 Å². The Kier molecular flexibility index (Phi) is 9.95. The lowest BCUT2D eigenvalue weighted by Gasteiger charge is -2.36. The molecule has 300 valence electrons. The summed E-state index contributed by atoms with van der Waals surface area (Å²) in [7, 11) is 0. The van der Waals surface area contributed by atoms with Crippen molar-refractivity contribution in [2.45, 2.75) is 18.3 Å². The zero-order valence-electron chi connectivity index (χ0n) is 35.1. The Morgan fingerprint density at radius 2 is 0.714 bits per heavy atom. The minimum Gasteiger partial charge on any atom is -0.314 e. The largest absolute Gasteiger partial charge is 0.314 e.